The number of nitrogens with zero attached hydrogens (tertiary/aromatic N) is 1. The molecular weight excluding hydrogens is 380 g/mol. The predicted octanol–water partition coefficient (Wildman–Crippen LogP) is 4.88. The highest BCUT2D eigenvalue weighted by molar-refractivity contribution is 6.30. The molecular formula is C25H25ClN2O. The van der Waals surface area contributed by atoms with Crippen LogP contribution < -0.4 is 10.1 Å². The van der Waals surface area contributed by atoms with Crippen molar-refractivity contribution in [2.75, 3.05) is 26.2 Å². The highest BCUT2D eigenvalue weighted by atomic mass is 35.5. The van der Waals surface area contributed by atoms with Gasteiger partial charge < -0.3 is 10.1 Å². The summed E-state index contributed by atoms with van der Waals surface area (Å²) in [6.45, 7) is 3.84. The molecule has 4 heteroatoms. The van der Waals surface area contributed by atoms with Crippen LogP contribution in [0.4, 0.5) is 0 Å². The van der Waals surface area contributed by atoms with Crippen molar-refractivity contribution in [3.05, 3.63) is 101 Å². The number of halogens is 1. The lowest BCUT2D eigenvalue weighted by atomic mass is 9.86. The third-order valence-electron chi connectivity index (χ3n) is 5.96. The summed E-state index contributed by atoms with van der Waals surface area (Å²) in [7, 11) is 0. The van der Waals surface area contributed by atoms with Crippen molar-refractivity contribution < 1.29 is 4.74 Å². The third-order valence-corrected chi connectivity index (χ3v) is 6.19. The summed E-state index contributed by atoms with van der Waals surface area (Å²) in [5.74, 6) is 1.41. The van der Waals surface area contributed by atoms with E-state index in [2.05, 4.69) is 76.9 Å². The molecule has 3 aromatic rings. The Balaban J connectivity index is 1.37. The summed E-state index contributed by atoms with van der Waals surface area (Å²) in [6.07, 6.45) is 0.254. The fourth-order valence-electron chi connectivity index (χ4n) is 4.28. The minimum Gasteiger partial charge on any atom is -0.487 e. The molecule has 0 atom stereocenters. The van der Waals surface area contributed by atoms with E-state index in [1.54, 1.807) is 0 Å². The zero-order chi connectivity index (χ0) is 19.6. The van der Waals surface area contributed by atoms with Crippen LogP contribution in [0.3, 0.4) is 0 Å². The van der Waals surface area contributed by atoms with Crippen molar-refractivity contribution in [2.45, 2.75) is 18.1 Å². The molecule has 0 bridgehead atoms. The molecule has 0 radical (unpaired) electrons. The first-order valence-electron chi connectivity index (χ1n) is 10.3. The molecule has 0 aromatic heterocycles. The molecule has 2 aliphatic rings. The molecule has 0 amide bonds. The Morgan fingerprint density at radius 3 is 2.03 bits per heavy atom. The Hall–Kier alpha value is -2.33. The molecule has 148 valence electrons. The maximum atomic E-state index is 6.26. The first-order valence-corrected chi connectivity index (χ1v) is 10.7. The molecule has 2 fully saturated rings. The number of ether oxygens (including phenoxy) is 1. The van der Waals surface area contributed by atoms with E-state index >= 15 is 0 Å². The van der Waals surface area contributed by atoms with E-state index in [-0.39, 0.29) is 12.1 Å². The van der Waals surface area contributed by atoms with Gasteiger partial charge in [0, 0.05) is 37.1 Å². The Bertz CT molecular complexity index is 914. The second-order valence-electron chi connectivity index (χ2n) is 7.95. The van der Waals surface area contributed by atoms with Gasteiger partial charge in [-0.05, 0) is 28.8 Å². The average Bonchev–Trinajstić information content (AvgIpc) is 2.69. The van der Waals surface area contributed by atoms with E-state index in [0.29, 0.717) is 5.92 Å². The maximum Gasteiger partial charge on any atom is 0.124 e. The quantitative estimate of drug-likeness (QED) is 0.633. The van der Waals surface area contributed by atoms with Gasteiger partial charge in [0.15, 0.2) is 0 Å². The van der Waals surface area contributed by atoms with E-state index in [0.717, 1.165) is 37.0 Å². The van der Waals surface area contributed by atoms with Crippen LogP contribution in [0.25, 0.3) is 0 Å². The topological polar surface area (TPSA) is 24.5 Å². The molecule has 3 aromatic carbocycles. The van der Waals surface area contributed by atoms with Gasteiger partial charge in [-0.2, -0.15) is 0 Å². The highest BCUT2D eigenvalue weighted by Gasteiger charge is 2.36. The molecule has 2 saturated heterocycles. The smallest absolute Gasteiger partial charge is 0.124 e. The van der Waals surface area contributed by atoms with Gasteiger partial charge in [0.2, 0.25) is 0 Å². The molecule has 0 spiro atoms. The molecule has 3 nitrogen and oxygen atoms in total. The van der Waals surface area contributed by atoms with Crippen molar-refractivity contribution in [2.24, 2.45) is 0 Å². The number of hydrogen-bond donors (Lipinski definition) is 1. The van der Waals surface area contributed by atoms with E-state index < -0.39 is 0 Å². The number of benzene rings is 3. The first kappa shape index (κ1) is 18.7. The van der Waals surface area contributed by atoms with Gasteiger partial charge in [-0.25, -0.2) is 0 Å². The lowest BCUT2D eigenvalue weighted by Crippen LogP contribution is -2.51. The van der Waals surface area contributed by atoms with Crippen LogP contribution in [0.2, 0.25) is 5.02 Å². The number of likely N-dealkylation sites (tertiary alicyclic amines) is 1. The van der Waals surface area contributed by atoms with Crippen LogP contribution >= 0.6 is 11.6 Å². The van der Waals surface area contributed by atoms with E-state index in [9.17, 15) is 0 Å². The zero-order valence-corrected chi connectivity index (χ0v) is 17.1. The van der Waals surface area contributed by atoms with Gasteiger partial charge >= 0.3 is 0 Å². The Morgan fingerprint density at radius 1 is 0.862 bits per heavy atom. The Kier molecular flexibility index (Phi) is 5.28. The van der Waals surface area contributed by atoms with Crippen molar-refractivity contribution in [1.82, 2.24) is 10.2 Å². The highest BCUT2D eigenvalue weighted by Crippen LogP contribution is 2.41. The standard InChI is InChI=1S/C25H25ClN2O/c26-21-11-12-23(24(13-21)29-22-14-27-15-22)20-16-28(17-20)25(18-7-3-1-4-8-18)19-9-5-2-6-10-19/h1-13,20,22,25,27H,14-17H2. The molecule has 2 aliphatic heterocycles. The molecule has 0 aliphatic carbocycles. The largest absolute Gasteiger partial charge is 0.487 e. The second-order valence-corrected chi connectivity index (χ2v) is 8.39. The zero-order valence-electron chi connectivity index (χ0n) is 16.3. The summed E-state index contributed by atoms with van der Waals surface area (Å²) in [6, 6.07) is 28.0. The summed E-state index contributed by atoms with van der Waals surface area (Å²) < 4.78 is 6.22. The molecule has 2 heterocycles. The fourth-order valence-corrected chi connectivity index (χ4v) is 4.44. The minimum absolute atomic E-state index is 0.254. The average molecular weight is 405 g/mol. The molecule has 1 N–H and O–H groups in total. The van der Waals surface area contributed by atoms with Crippen LogP contribution in [0.15, 0.2) is 78.9 Å². The Labute approximate surface area is 177 Å². The van der Waals surface area contributed by atoms with Crippen LogP contribution in [0.1, 0.15) is 28.7 Å². The lowest BCUT2D eigenvalue weighted by molar-refractivity contribution is 0.103. The van der Waals surface area contributed by atoms with E-state index in [4.69, 9.17) is 16.3 Å². The number of rotatable bonds is 6. The molecule has 29 heavy (non-hydrogen) atoms. The van der Waals surface area contributed by atoms with Crippen molar-refractivity contribution in [3.63, 3.8) is 0 Å². The van der Waals surface area contributed by atoms with Crippen LogP contribution in [0.5, 0.6) is 5.75 Å². The Morgan fingerprint density at radius 2 is 1.48 bits per heavy atom. The van der Waals surface area contributed by atoms with Crippen LogP contribution in [-0.4, -0.2) is 37.2 Å². The van der Waals surface area contributed by atoms with E-state index in [1.807, 2.05) is 12.1 Å². The fraction of sp³-hybridized carbons (Fsp3) is 0.280. The van der Waals surface area contributed by atoms with Crippen LogP contribution in [0, 0.1) is 0 Å². The van der Waals surface area contributed by atoms with Gasteiger partial charge in [-0.1, -0.05) is 78.3 Å². The van der Waals surface area contributed by atoms with E-state index in [1.165, 1.54) is 16.7 Å². The summed E-state index contributed by atoms with van der Waals surface area (Å²) in [5, 5.41) is 4.00. The SMILES string of the molecule is Clc1ccc(C2CN(C(c3ccccc3)c3ccccc3)C2)c(OC2CNC2)c1. The van der Waals surface area contributed by atoms with Gasteiger partial charge in [0.05, 0.1) is 6.04 Å². The van der Waals surface area contributed by atoms with Crippen LogP contribution in [-0.2, 0) is 0 Å². The molecule has 5 rings (SSSR count). The van der Waals surface area contributed by atoms with Crippen molar-refractivity contribution >= 4 is 11.6 Å². The lowest BCUT2D eigenvalue weighted by Gasteiger charge is -2.45. The maximum absolute atomic E-state index is 6.26. The van der Waals surface area contributed by atoms with Gasteiger partial charge in [-0.3, -0.25) is 4.90 Å². The molecule has 0 unspecified atom stereocenters. The minimum atomic E-state index is 0.254. The number of nitrogens with one attached hydrogen (secondary N) is 1. The monoisotopic (exact) mass is 404 g/mol. The van der Waals surface area contributed by atoms with Crippen molar-refractivity contribution in [1.29, 1.82) is 0 Å². The predicted molar refractivity (Wildman–Crippen MR) is 118 cm³/mol. The summed E-state index contributed by atoms with van der Waals surface area (Å²) in [5.41, 5.74) is 3.95. The molecule has 0 saturated carbocycles. The van der Waals surface area contributed by atoms with Gasteiger partial charge in [0.1, 0.15) is 11.9 Å². The van der Waals surface area contributed by atoms with Gasteiger partial charge in [-0.15, -0.1) is 0 Å². The first-order chi connectivity index (χ1) is 14.3. The van der Waals surface area contributed by atoms with Gasteiger partial charge in [0.25, 0.3) is 0 Å². The second kappa shape index (κ2) is 8.19. The third kappa shape index (κ3) is 3.91. The van der Waals surface area contributed by atoms with Crippen molar-refractivity contribution in [3.8, 4) is 5.75 Å². The number of hydrogen-bond acceptors (Lipinski definition) is 3. The summed E-state index contributed by atoms with van der Waals surface area (Å²) >= 11 is 6.26. The normalized spacial score (nSPS) is 17.7. The summed E-state index contributed by atoms with van der Waals surface area (Å²) in [4.78, 5) is 2.55.